The highest BCUT2D eigenvalue weighted by Crippen LogP contribution is 2.47. The van der Waals surface area contributed by atoms with E-state index < -0.39 is 5.60 Å². The highest BCUT2D eigenvalue weighted by molar-refractivity contribution is 5.95. The van der Waals surface area contributed by atoms with Gasteiger partial charge in [0.15, 0.2) is 0 Å². The topological polar surface area (TPSA) is 53.4 Å². The number of piperidine rings is 1. The Morgan fingerprint density at radius 3 is 2.59 bits per heavy atom. The molecule has 2 heterocycles. The minimum absolute atomic E-state index is 0.0113. The summed E-state index contributed by atoms with van der Waals surface area (Å²) in [6, 6.07) is 21.7. The molecule has 5 rings (SSSR count). The number of para-hydroxylation sites is 1. The molecule has 1 saturated carbocycles. The molecule has 0 radical (unpaired) electrons. The zero-order valence-corrected chi connectivity index (χ0v) is 16.5. The molecule has 0 bridgehead atoms. The Balaban J connectivity index is 1.47. The normalized spacial score (nSPS) is 26.9. The Hall–Kier alpha value is -2.72. The predicted octanol–water partition coefficient (Wildman–Crippen LogP) is 4.53. The van der Waals surface area contributed by atoms with Crippen molar-refractivity contribution in [3.8, 4) is 0 Å². The molecule has 0 spiro atoms. The average Bonchev–Trinajstić information content (AvgIpc) is 2.79. The van der Waals surface area contributed by atoms with E-state index in [2.05, 4.69) is 4.98 Å². The third-order valence-electron chi connectivity index (χ3n) is 6.83. The van der Waals surface area contributed by atoms with Gasteiger partial charge >= 0.3 is 0 Å². The minimum atomic E-state index is -0.861. The van der Waals surface area contributed by atoms with Crippen LogP contribution in [0.4, 0.5) is 0 Å². The molecule has 1 unspecified atom stereocenters. The molecular weight excluding hydrogens is 360 g/mol. The van der Waals surface area contributed by atoms with Gasteiger partial charge in [0.05, 0.1) is 11.1 Å². The Kier molecular flexibility index (Phi) is 4.59. The van der Waals surface area contributed by atoms with Gasteiger partial charge in [-0.2, -0.15) is 0 Å². The molecule has 4 nitrogen and oxygen atoms in total. The quantitative estimate of drug-likeness (QED) is 0.704. The SMILES string of the molecule is O=C(c1ccc2ccccc2n1)N1CC[C@@](O)(c2ccccc2)[C@H]2CCCCC21. The van der Waals surface area contributed by atoms with Crippen LogP contribution >= 0.6 is 0 Å². The van der Waals surface area contributed by atoms with Crippen LogP contribution in [0.25, 0.3) is 10.9 Å². The van der Waals surface area contributed by atoms with Gasteiger partial charge in [-0.15, -0.1) is 0 Å². The number of hydrogen-bond donors (Lipinski definition) is 1. The van der Waals surface area contributed by atoms with Crippen molar-refractivity contribution in [2.24, 2.45) is 5.92 Å². The van der Waals surface area contributed by atoms with Gasteiger partial charge in [-0.1, -0.05) is 67.4 Å². The largest absolute Gasteiger partial charge is 0.385 e. The molecule has 3 aromatic rings. The molecule has 29 heavy (non-hydrogen) atoms. The number of likely N-dealkylation sites (tertiary alicyclic amines) is 1. The van der Waals surface area contributed by atoms with Crippen molar-refractivity contribution >= 4 is 16.8 Å². The first-order valence-electron chi connectivity index (χ1n) is 10.6. The van der Waals surface area contributed by atoms with Crippen LogP contribution < -0.4 is 0 Å². The van der Waals surface area contributed by atoms with Crippen LogP contribution in [0.1, 0.15) is 48.2 Å². The van der Waals surface area contributed by atoms with Gasteiger partial charge in [-0.25, -0.2) is 4.98 Å². The number of nitrogens with zero attached hydrogens (tertiary/aromatic N) is 2. The van der Waals surface area contributed by atoms with Crippen LogP contribution in [0.15, 0.2) is 66.7 Å². The molecule has 1 N–H and O–H groups in total. The summed E-state index contributed by atoms with van der Waals surface area (Å²) in [6.45, 7) is 0.555. The lowest BCUT2D eigenvalue weighted by atomic mass is 9.66. The maximum absolute atomic E-state index is 13.4. The highest BCUT2D eigenvalue weighted by atomic mass is 16.3. The number of hydrogen-bond acceptors (Lipinski definition) is 3. The number of carbonyl (C=O) groups excluding carboxylic acids is 1. The second kappa shape index (κ2) is 7.27. The summed E-state index contributed by atoms with van der Waals surface area (Å²) in [6.07, 6.45) is 4.66. The van der Waals surface area contributed by atoms with Gasteiger partial charge in [0.2, 0.25) is 0 Å². The van der Waals surface area contributed by atoms with Gasteiger partial charge in [-0.3, -0.25) is 4.79 Å². The van der Waals surface area contributed by atoms with E-state index in [9.17, 15) is 9.90 Å². The number of rotatable bonds is 2. The first-order valence-corrected chi connectivity index (χ1v) is 10.6. The van der Waals surface area contributed by atoms with Gasteiger partial charge < -0.3 is 10.0 Å². The number of fused-ring (bicyclic) bond motifs is 2. The van der Waals surface area contributed by atoms with Crippen LogP contribution in [-0.2, 0) is 5.60 Å². The standard InChI is InChI=1S/C25H26N2O2/c28-24(22-15-14-18-8-4-6-12-21(18)26-22)27-17-16-25(29,19-9-2-1-3-10-19)20-11-5-7-13-23(20)27/h1-4,6,8-10,12,14-15,20,23,29H,5,7,11,13,16-17H2/t20-,23?,25+/m0/s1. The lowest BCUT2D eigenvalue weighted by Crippen LogP contribution is -2.59. The summed E-state index contributed by atoms with van der Waals surface area (Å²) in [4.78, 5) is 20.0. The number of aromatic nitrogens is 1. The molecule has 2 aliphatic rings. The first kappa shape index (κ1) is 18.3. The third-order valence-corrected chi connectivity index (χ3v) is 6.83. The minimum Gasteiger partial charge on any atom is -0.385 e. The van der Waals surface area contributed by atoms with Gasteiger partial charge in [-0.05, 0) is 37.0 Å². The first-order chi connectivity index (χ1) is 14.2. The smallest absolute Gasteiger partial charge is 0.272 e. The number of pyridine rings is 1. The van der Waals surface area contributed by atoms with E-state index in [1.165, 1.54) is 0 Å². The van der Waals surface area contributed by atoms with Crippen molar-refractivity contribution in [2.75, 3.05) is 6.54 Å². The number of amides is 1. The van der Waals surface area contributed by atoms with E-state index >= 15 is 0 Å². The Morgan fingerprint density at radius 2 is 1.72 bits per heavy atom. The van der Waals surface area contributed by atoms with Crippen molar-refractivity contribution in [1.29, 1.82) is 0 Å². The van der Waals surface area contributed by atoms with Crippen LogP contribution in [0.3, 0.4) is 0 Å². The van der Waals surface area contributed by atoms with Crippen molar-refractivity contribution in [3.05, 3.63) is 78.0 Å². The highest BCUT2D eigenvalue weighted by Gasteiger charge is 2.50. The summed E-state index contributed by atoms with van der Waals surface area (Å²) in [7, 11) is 0. The maximum Gasteiger partial charge on any atom is 0.272 e. The summed E-state index contributed by atoms with van der Waals surface area (Å²) in [5.41, 5.74) is 1.46. The zero-order chi connectivity index (χ0) is 19.8. The molecule has 1 aliphatic heterocycles. The van der Waals surface area contributed by atoms with E-state index in [0.717, 1.165) is 42.1 Å². The van der Waals surface area contributed by atoms with Crippen LogP contribution in [0, 0.1) is 5.92 Å². The van der Waals surface area contributed by atoms with E-state index in [-0.39, 0.29) is 17.9 Å². The maximum atomic E-state index is 13.4. The molecule has 1 aromatic heterocycles. The van der Waals surface area contributed by atoms with Gasteiger partial charge in [0, 0.05) is 23.9 Å². The predicted molar refractivity (Wildman–Crippen MR) is 113 cm³/mol. The fourth-order valence-corrected chi connectivity index (χ4v) is 5.35. The van der Waals surface area contributed by atoms with E-state index in [1.54, 1.807) is 0 Å². The number of carbonyl (C=O) groups is 1. The molecule has 1 aliphatic carbocycles. The van der Waals surface area contributed by atoms with Crippen molar-refractivity contribution in [2.45, 2.75) is 43.7 Å². The second-order valence-electron chi connectivity index (χ2n) is 8.39. The van der Waals surface area contributed by atoms with Crippen molar-refractivity contribution in [3.63, 3.8) is 0 Å². The molecule has 148 valence electrons. The zero-order valence-electron chi connectivity index (χ0n) is 16.5. The van der Waals surface area contributed by atoms with E-state index in [1.807, 2.05) is 71.6 Å². The van der Waals surface area contributed by atoms with E-state index in [4.69, 9.17) is 0 Å². The number of aliphatic hydroxyl groups is 1. The molecule has 1 saturated heterocycles. The van der Waals surface area contributed by atoms with Crippen LogP contribution in [-0.4, -0.2) is 33.5 Å². The third kappa shape index (κ3) is 3.12. The summed E-state index contributed by atoms with van der Waals surface area (Å²) in [5.74, 6) is 0.0552. The lowest BCUT2D eigenvalue weighted by molar-refractivity contribution is -0.110. The van der Waals surface area contributed by atoms with Crippen LogP contribution in [0.2, 0.25) is 0 Å². The van der Waals surface area contributed by atoms with Crippen molar-refractivity contribution in [1.82, 2.24) is 9.88 Å². The second-order valence-corrected chi connectivity index (χ2v) is 8.39. The molecule has 3 atom stereocenters. The van der Waals surface area contributed by atoms with Crippen LogP contribution in [0.5, 0.6) is 0 Å². The number of benzene rings is 2. The van der Waals surface area contributed by atoms with E-state index in [0.29, 0.717) is 18.7 Å². The fourth-order valence-electron chi connectivity index (χ4n) is 5.35. The Morgan fingerprint density at radius 1 is 0.966 bits per heavy atom. The lowest BCUT2D eigenvalue weighted by Gasteiger charge is -2.52. The van der Waals surface area contributed by atoms with Crippen molar-refractivity contribution < 1.29 is 9.90 Å². The fraction of sp³-hybridized carbons (Fsp3) is 0.360. The summed E-state index contributed by atoms with van der Waals surface area (Å²) < 4.78 is 0. The average molecular weight is 386 g/mol. The molecular formula is C25H26N2O2. The van der Waals surface area contributed by atoms with Gasteiger partial charge in [0.25, 0.3) is 5.91 Å². The molecule has 2 aromatic carbocycles. The van der Waals surface area contributed by atoms with Gasteiger partial charge in [0.1, 0.15) is 5.69 Å². The Labute approximate surface area is 171 Å². The monoisotopic (exact) mass is 386 g/mol. The molecule has 2 fully saturated rings. The molecule has 1 amide bonds. The summed E-state index contributed by atoms with van der Waals surface area (Å²) >= 11 is 0. The Bertz CT molecular complexity index is 1040. The molecule has 4 heteroatoms. The summed E-state index contributed by atoms with van der Waals surface area (Å²) in [5, 5.41) is 12.7.